The Labute approximate surface area is 110 Å². The maximum absolute atomic E-state index is 11.8. The highest BCUT2D eigenvalue weighted by Crippen LogP contribution is 2.32. The first-order valence-electron chi connectivity index (χ1n) is 6.30. The molecule has 0 aliphatic carbocycles. The lowest BCUT2D eigenvalue weighted by molar-refractivity contribution is -0.116. The first-order chi connectivity index (χ1) is 9.15. The average molecular weight is 261 g/mol. The fourth-order valence-electron chi connectivity index (χ4n) is 2.68. The zero-order chi connectivity index (χ0) is 13.4. The normalized spacial score (nSPS) is 22.0. The Bertz CT molecular complexity index is 544. The van der Waals surface area contributed by atoms with Gasteiger partial charge in [0.25, 0.3) is 0 Å². The number of carbonyl (C=O) groups excluding carboxylic acids is 1. The summed E-state index contributed by atoms with van der Waals surface area (Å²) in [6.07, 6.45) is 0.421. The third-order valence-electron chi connectivity index (χ3n) is 3.60. The van der Waals surface area contributed by atoms with Crippen LogP contribution in [0.2, 0.25) is 0 Å². The summed E-state index contributed by atoms with van der Waals surface area (Å²) in [4.78, 5) is 25.0. The second-order valence-corrected chi connectivity index (χ2v) is 4.84. The van der Waals surface area contributed by atoms with E-state index in [1.807, 2.05) is 0 Å². The van der Waals surface area contributed by atoms with Crippen molar-refractivity contribution >= 4 is 23.3 Å². The van der Waals surface area contributed by atoms with E-state index in [0.29, 0.717) is 12.1 Å². The number of fused-ring (bicyclic) bond motifs is 3. The maximum Gasteiger partial charge on any atom is 0.335 e. The number of nitrogens with zero attached hydrogens (tertiary/aromatic N) is 1. The minimum Gasteiger partial charge on any atom is -0.478 e. The number of anilines is 2. The van der Waals surface area contributed by atoms with E-state index in [1.54, 1.807) is 12.1 Å². The summed E-state index contributed by atoms with van der Waals surface area (Å²) in [5.41, 5.74) is 1.74. The van der Waals surface area contributed by atoms with Gasteiger partial charge in [-0.1, -0.05) is 0 Å². The molecule has 100 valence electrons. The lowest BCUT2D eigenvalue weighted by Gasteiger charge is -2.36. The fraction of sp³-hybridized carbons (Fsp3) is 0.385. The van der Waals surface area contributed by atoms with Crippen molar-refractivity contribution in [2.45, 2.75) is 12.5 Å². The summed E-state index contributed by atoms with van der Waals surface area (Å²) in [7, 11) is 0. The van der Waals surface area contributed by atoms with Gasteiger partial charge >= 0.3 is 5.97 Å². The van der Waals surface area contributed by atoms with Gasteiger partial charge in [0.05, 0.1) is 23.0 Å². The standard InChI is InChI=1S/C13H15N3O3/c17-12-6-9-7-14-3-4-16(9)11-5-8(13(18)19)1-2-10(11)15-12/h1-2,5,9,14H,3-4,6-7H2,(H,15,17)(H,18,19). The molecule has 1 unspecified atom stereocenters. The van der Waals surface area contributed by atoms with Crippen LogP contribution in [0, 0.1) is 0 Å². The molecule has 0 bridgehead atoms. The number of hydrogen-bond acceptors (Lipinski definition) is 4. The summed E-state index contributed by atoms with van der Waals surface area (Å²) < 4.78 is 0. The molecule has 19 heavy (non-hydrogen) atoms. The van der Waals surface area contributed by atoms with E-state index in [9.17, 15) is 9.59 Å². The first-order valence-corrected chi connectivity index (χ1v) is 6.30. The molecule has 1 saturated heterocycles. The van der Waals surface area contributed by atoms with Crippen LogP contribution in [-0.2, 0) is 4.79 Å². The molecule has 1 amide bonds. The monoisotopic (exact) mass is 261 g/mol. The van der Waals surface area contributed by atoms with Crippen LogP contribution >= 0.6 is 0 Å². The van der Waals surface area contributed by atoms with Gasteiger partial charge in [0.15, 0.2) is 0 Å². The lowest BCUT2D eigenvalue weighted by Crippen LogP contribution is -2.51. The number of carbonyl (C=O) groups is 2. The van der Waals surface area contributed by atoms with Gasteiger partial charge in [0.2, 0.25) is 5.91 Å². The van der Waals surface area contributed by atoms with Crippen LogP contribution in [-0.4, -0.2) is 42.7 Å². The SMILES string of the molecule is O=C1CC2CNCCN2c2cc(C(=O)O)ccc2N1. The second kappa shape index (κ2) is 4.55. The van der Waals surface area contributed by atoms with E-state index < -0.39 is 5.97 Å². The molecule has 0 radical (unpaired) electrons. The van der Waals surface area contributed by atoms with E-state index in [2.05, 4.69) is 15.5 Å². The van der Waals surface area contributed by atoms with Crippen molar-refractivity contribution < 1.29 is 14.7 Å². The summed E-state index contributed by atoms with van der Waals surface area (Å²) in [5.74, 6) is -0.981. The Morgan fingerprint density at radius 2 is 2.26 bits per heavy atom. The highest BCUT2D eigenvalue weighted by Gasteiger charge is 2.30. The van der Waals surface area contributed by atoms with Crippen LogP contribution in [0.5, 0.6) is 0 Å². The van der Waals surface area contributed by atoms with Gasteiger partial charge in [0.1, 0.15) is 0 Å². The summed E-state index contributed by atoms with van der Waals surface area (Å²) >= 11 is 0. The zero-order valence-corrected chi connectivity index (χ0v) is 10.3. The third kappa shape index (κ3) is 2.15. The van der Waals surface area contributed by atoms with Gasteiger partial charge in [-0.05, 0) is 18.2 Å². The van der Waals surface area contributed by atoms with Crippen LogP contribution in [0.1, 0.15) is 16.8 Å². The van der Waals surface area contributed by atoms with Crippen LogP contribution in [0.4, 0.5) is 11.4 Å². The smallest absolute Gasteiger partial charge is 0.335 e. The molecule has 2 aliphatic rings. The van der Waals surface area contributed by atoms with Gasteiger partial charge in [-0.25, -0.2) is 4.79 Å². The maximum atomic E-state index is 11.8. The van der Waals surface area contributed by atoms with Crippen LogP contribution < -0.4 is 15.5 Å². The van der Waals surface area contributed by atoms with Crippen LogP contribution in [0.3, 0.4) is 0 Å². The lowest BCUT2D eigenvalue weighted by atomic mass is 10.1. The number of rotatable bonds is 1. The van der Waals surface area contributed by atoms with Gasteiger partial charge in [-0.2, -0.15) is 0 Å². The quantitative estimate of drug-likeness (QED) is 0.686. The first kappa shape index (κ1) is 12.0. The Morgan fingerprint density at radius 3 is 3.05 bits per heavy atom. The molecule has 1 atom stereocenters. The van der Waals surface area contributed by atoms with E-state index in [4.69, 9.17) is 5.11 Å². The molecule has 1 fully saturated rings. The zero-order valence-electron chi connectivity index (χ0n) is 10.3. The molecule has 6 nitrogen and oxygen atoms in total. The van der Waals surface area contributed by atoms with Crippen molar-refractivity contribution in [3.05, 3.63) is 23.8 Å². The van der Waals surface area contributed by atoms with E-state index >= 15 is 0 Å². The third-order valence-corrected chi connectivity index (χ3v) is 3.60. The van der Waals surface area contributed by atoms with Gasteiger partial charge < -0.3 is 20.6 Å². The number of amides is 1. The molecule has 3 N–H and O–H groups in total. The molecule has 1 aromatic carbocycles. The van der Waals surface area contributed by atoms with Crippen molar-refractivity contribution in [3.63, 3.8) is 0 Å². The topological polar surface area (TPSA) is 81.7 Å². The number of benzene rings is 1. The number of nitrogens with one attached hydrogen (secondary N) is 2. The van der Waals surface area contributed by atoms with Crippen molar-refractivity contribution in [2.24, 2.45) is 0 Å². The molecule has 0 aromatic heterocycles. The van der Waals surface area contributed by atoms with E-state index in [-0.39, 0.29) is 17.5 Å². The van der Waals surface area contributed by atoms with Crippen molar-refractivity contribution in [1.29, 1.82) is 0 Å². The Hall–Kier alpha value is -2.08. The predicted octanol–water partition coefficient (Wildman–Crippen LogP) is 0.505. The van der Waals surface area contributed by atoms with Crippen molar-refractivity contribution in [3.8, 4) is 0 Å². The second-order valence-electron chi connectivity index (χ2n) is 4.84. The van der Waals surface area contributed by atoms with Crippen LogP contribution in [0.15, 0.2) is 18.2 Å². The van der Waals surface area contributed by atoms with Gasteiger partial charge in [-0.3, -0.25) is 4.79 Å². The average Bonchev–Trinajstić information content (AvgIpc) is 2.53. The number of piperazine rings is 1. The minimum absolute atomic E-state index is 0.0273. The molecule has 3 rings (SSSR count). The molecule has 2 aliphatic heterocycles. The predicted molar refractivity (Wildman–Crippen MR) is 70.7 cm³/mol. The summed E-state index contributed by atoms with van der Waals surface area (Å²) in [6, 6.07) is 4.91. The number of carboxylic acid groups (broad SMARTS) is 1. The highest BCUT2D eigenvalue weighted by atomic mass is 16.4. The Morgan fingerprint density at radius 1 is 1.42 bits per heavy atom. The van der Waals surface area contributed by atoms with Gasteiger partial charge in [-0.15, -0.1) is 0 Å². The molecule has 2 heterocycles. The fourth-order valence-corrected chi connectivity index (χ4v) is 2.68. The van der Waals surface area contributed by atoms with Crippen LogP contribution in [0.25, 0.3) is 0 Å². The molecule has 1 aromatic rings. The Kier molecular flexibility index (Phi) is 2.87. The number of hydrogen-bond donors (Lipinski definition) is 3. The molecular weight excluding hydrogens is 246 g/mol. The van der Waals surface area contributed by atoms with Crippen molar-refractivity contribution in [1.82, 2.24) is 5.32 Å². The summed E-state index contributed by atoms with van der Waals surface area (Å²) in [5, 5.41) is 15.2. The van der Waals surface area contributed by atoms with Crippen molar-refractivity contribution in [2.75, 3.05) is 29.9 Å². The van der Waals surface area contributed by atoms with Gasteiger partial charge in [0, 0.05) is 26.1 Å². The number of carboxylic acids is 1. The molecular formula is C13H15N3O3. The molecule has 6 heteroatoms. The largest absolute Gasteiger partial charge is 0.478 e. The molecule has 0 spiro atoms. The highest BCUT2D eigenvalue weighted by molar-refractivity contribution is 5.99. The van der Waals surface area contributed by atoms with E-state index in [1.165, 1.54) is 6.07 Å². The minimum atomic E-state index is -0.954. The number of aromatic carboxylic acids is 1. The Balaban J connectivity index is 2.07. The summed E-state index contributed by atoms with van der Waals surface area (Å²) in [6.45, 7) is 2.35. The van der Waals surface area contributed by atoms with E-state index in [0.717, 1.165) is 25.3 Å². The molecule has 0 saturated carbocycles.